The Morgan fingerprint density at radius 3 is 2.36 bits per heavy atom. The first kappa shape index (κ1) is 19.2. The van der Waals surface area contributed by atoms with Crippen molar-refractivity contribution in [1.82, 2.24) is 10.6 Å². The highest BCUT2D eigenvalue weighted by atomic mass is 19.2. The second kappa shape index (κ2) is 7.68. The molecule has 2 N–H and O–H groups in total. The molecule has 5 rings (SSSR count). The van der Waals surface area contributed by atoms with Crippen molar-refractivity contribution >= 4 is 12.0 Å². The minimum Gasteiger partial charge on any atom is -0.461 e. The van der Waals surface area contributed by atoms with Crippen molar-refractivity contribution in [2.24, 2.45) is 17.8 Å². The zero-order valence-electron chi connectivity index (χ0n) is 15.8. The highest BCUT2D eigenvalue weighted by Gasteiger charge is 2.51. The molecule has 0 radical (unpaired) electrons. The number of hydrogen-bond donors (Lipinski definition) is 2. The van der Waals surface area contributed by atoms with Crippen LogP contribution in [0.3, 0.4) is 0 Å². The molecule has 5 nitrogen and oxygen atoms in total. The highest BCUT2D eigenvalue weighted by Crippen LogP contribution is 2.55. The number of benzene rings is 1. The smallest absolute Gasteiger partial charge is 0.315 e. The largest absolute Gasteiger partial charge is 0.461 e. The van der Waals surface area contributed by atoms with Crippen LogP contribution in [0.5, 0.6) is 0 Å². The van der Waals surface area contributed by atoms with Crippen molar-refractivity contribution in [3.63, 3.8) is 0 Å². The zero-order chi connectivity index (χ0) is 19.7. The van der Waals surface area contributed by atoms with E-state index in [-0.39, 0.29) is 36.7 Å². The fourth-order valence-corrected chi connectivity index (χ4v) is 5.72. The van der Waals surface area contributed by atoms with Gasteiger partial charge in [0.1, 0.15) is 6.61 Å². The Hall–Kier alpha value is -2.18. The Morgan fingerprint density at radius 2 is 1.71 bits per heavy atom. The van der Waals surface area contributed by atoms with Crippen molar-refractivity contribution in [2.45, 2.75) is 57.1 Å². The van der Waals surface area contributed by atoms with Gasteiger partial charge in [-0.2, -0.15) is 0 Å². The van der Waals surface area contributed by atoms with Crippen LogP contribution in [0.25, 0.3) is 0 Å². The van der Waals surface area contributed by atoms with E-state index in [1.54, 1.807) is 0 Å². The van der Waals surface area contributed by atoms with Gasteiger partial charge in [-0.05, 0) is 62.3 Å². The molecule has 0 heterocycles. The molecule has 152 valence electrons. The molecule has 1 aromatic rings. The van der Waals surface area contributed by atoms with Crippen LogP contribution in [0.15, 0.2) is 18.2 Å². The lowest BCUT2D eigenvalue weighted by molar-refractivity contribution is -0.144. The number of hydrogen-bond acceptors (Lipinski definition) is 3. The SMILES string of the molecule is O=C(NCCC(=O)OCc1cccc(F)c1F)NC12CC3CC(CC(C3)C1)C2. The van der Waals surface area contributed by atoms with Crippen LogP contribution in [0.4, 0.5) is 13.6 Å². The third-order valence-electron chi connectivity index (χ3n) is 6.45. The van der Waals surface area contributed by atoms with Crippen molar-refractivity contribution in [3.8, 4) is 0 Å². The molecule has 0 atom stereocenters. The minimum atomic E-state index is -1.01. The van der Waals surface area contributed by atoms with E-state index in [0.717, 1.165) is 43.1 Å². The van der Waals surface area contributed by atoms with Crippen molar-refractivity contribution in [3.05, 3.63) is 35.4 Å². The number of amides is 2. The fraction of sp³-hybridized carbons (Fsp3) is 0.619. The number of halogens is 2. The summed E-state index contributed by atoms with van der Waals surface area (Å²) in [7, 11) is 0. The highest BCUT2D eigenvalue weighted by molar-refractivity contribution is 5.76. The van der Waals surface area contributed by atoms with Gasteiger partial charge in [-0.1, -0.05) is 12.1 Å². The Labute approximate surface area is 163 Å². The van der Waals surface area contributed by atoms with Crippen molar-refractivity contribution in [2.75, 3.05) is 6.54 Å². The van der Waals surface area contributed by atoms with E-state index in [0.29, 0.717) is 0 Å². The van der Waals surface area contributed by atoms with Crippen LogP contribution in [-0.4, -0.2) is 24.1 Å². The van der Waals surface area contributed by atoms with E-state index in [1.165, 1.54) is 31.4 Å². The van der Waals surface area contributed by atoms with Gasteiger partial charge in [0, 0.05) is 17.6 Å². The van der Waals surface area contributed by atoms with Gasteiger partial charge < -0.3 is 15.4 Å². The average molecular weight is 392 g/mol. The Balaban J connectivity index is 1.18. The van der Waals surface area contributed by atoms with Gasteiger partial charge in [0.15, 0.2) is 11.6 Å². The lowest BCUT2D eigenvalue weighted by Gasteiger charge is -2.56. The minimum absolute atomic E-state index is 0.0131. The second-order valence-electron chi connectivity index (χ2n) is 8.70. The first-order chi connectivity index (χ1) is 13.4. The Bertz CT molecular complexity index is 733. The molecule has 0 aliphatic heterocycles. The quantitative estimate of drug-likeness (QED) is 0.726. The first-order valence-corrected chi connectivity index (χ1v) is 10.1. The predicted molar refractivity (Wildman–Crippen MR) is 98.2 cm³/mol. The van der Waals surface area contributed by atoms with E-state index in [9.17, 15) is 18.4 Å². The molecule has 0 saturated heterocycles. The molecule has 0 unspecified atom stereocenters. The summed E-state index contributed by atoms with van der Waals surface area (Å²) in [6, 6.07) is 3.49. The van der Waals surface area contributed by atoms with Crippen LogP contribution in [0, 0.1) is 29.4 Å². The third kappa shape index (κ3) is 4.13. The number of ether oxygens (including phenoxy) is 1. The summed E-state index contributed by atoms with van der Waals surface area (Å²) in [5.41, 5.74) is -0.0882. The van der Waals surface area contributed by atoms with E-state index in [4.69, 9.17) is 4.74 Å². The summed E-state index contributed by atoms with van der Waals surface area (Å²) < 4.78 is 31.6. The number of rotatable bonds is 6. The lowest BCUT2D eigenvalue weighted by atomic mass is 9.53. The van der Waals surface area contributed by atoms with Crippen molar-refractivity contribution < 1.29 is 23.1 Å². The maximum atomic E-state index is 13.5. The van der Waals surface area contributed by atoms with Crippen LogP contribution in [0.2, 0.25) is 0 Å². The number of urea groups is 1. The summed E-state index contributed by atoms with van der Waals surface area (Å²) in [6.45, 7) is -0.190. The molecule has 0 aromatic heterocycles. The molecule has 28 heavy (non-hydrogen) atoms. The van der Waals surface area contributed by atoms with Gasteiger partial charge in [0.05, 0.1) is 6.42 Å². The average Bonchev–Trinajstić information content (AvgIpc) is 2.61. The van der Waals surface area contributed by atoms with Gasteiger partial charge in [0.2, 0.25) is 0 Å². The molecule has 4 fully saturated rings. The Morgan fingerprint density at radius 1 is 1.07 bits per heavy atom. The molecule has 2 amide bonds. The molecule has 1 aromatic carbocycles. The maximum absolute atomic E-state index is 13.5. The van der Waals surface area contributed by atoms with E-state index in [1.807, 2.05) is 0 Å². The van der Waals surface area contributed by atoms with Gasteiger partial charge in [-0.15, -0.1) is 0 Å². The summed E-state index contributed by atoms with van der Waals surface area (Å²) >= 11 is 0. The molecule has 0 spiro atoms. The Kier molecular flexibility index (Phi) is 5.25. The molecule has 4 saturated carbocycles. The molecule has 4 bridgehead atoms. The molecule has 7 heteroatoms. The second-order valence-corrected chi connectivity index (χ2v) is 8.70. The molecular weight excluding hydrogens is 366 g/mol. The summed E-state index contributed by atoms with van der Waals surface area (Å²) in [5, 5.41) is 5.90. The number of nitrogens with one attached hydrogen (secondary N) is 2. The summed E-state index contributed by atoms with van der Waals surface area (Å²) in [6.07, 6.45) is 7.08. The van der Waals surface area contributed by atoms with Crippen LogP contribution in [-0.2, 0) is 16.1 Å². The van der Waals surface area contributed by atoms with Crippen LogP contribution in [0.1, 0.15) is 50.5 Å². The van der Waals surface area contributed by atoms with Crippen LogP contribution < -0.4 is 10.6 Å². The van der Waals surface area contributed by atoms with E-state index >= 15 is 0 Å². The molecular formula is C21H26F2N2O3. The fourth-order valence-electron chi connectivity index (χ4n) is 5.72. The lowest BCUT2D eigenvalue weighted by Crippen LogP contribution is -2.61. The number of esters is 1. The van der Waals surface area contributed by atoms with Gasteiger partial charge in [-0.3, -0.25) is 4.79 Å². The summed E-state index contributed by atoms with van der Waals surface area (Å²) in [5.74, 6) is -0.335. The van der Waals surface area contributed by atoms with Gasteiger partial charge in [0.25, 0.3) is 0 Å². The normalized spacial score (nSPS) is 30.1. The molecule has 4 aliphatic rings. The monoisotopic (exact) mass is 392 g/mol. The maximum Gasteiger partial charge on any atom is 0.315 e. The first-order valence-electron chi connectivity index (χ1n) is 10.1. The van der Waals surface area contributed by atoms with Crippen molar-refractivity contribution in [1.29, 1.82) is 0 Å². The van der Waals surface area contributed by atoms with Gasteiger partial charge in [-0.25, -0.2) is 13.6 Å². The number of carbonyl (C=O) groups is 2. The van der Waals surface area contributed by atoms with E-state index in [2.05, 4.69) is 10.6 Å². The molecule has 4 aliphatic carbocycles. The standard InChI is InChI=1S/C21H26F2N2O3/c22-17-3-1-2-16(19(17)23)12-28-18(26)4-5-24-20(27)25-21-9-13-6-14(10-21)8-15(7-13)11-21/h1-3,13-15H,4-12H2,(H2,24,25,27). The summed E-state index contributed by atoms with van der Waals surface area (Å²) in [4.78, 5) is 24.1. The van der Waals surface area contributed by atoms with Gasteiger partial charge >= 0.3 is 12.0 Å². The third-order valence-corrected chi connectivity index (χ3v) is 6.45. The van der Waals surface area contributed by atoms with E-state index < -0.39 is 17.6 Å². The predicted octanol–water partition coefficient (Wildman–Crippen LogP) is 3.67. The topological polar surface area (TPSA) is 67.4 Å². The zero-order valence-corrected chi connectivity index (χ0v) is 15.8. The number of carbonyl (C=O) groups excluding carboxylic acids is 2. The van der Waals surface area contributed by atoms with Crippen LogP contribution >= 0.6 is 0 Å².